The number of aromatic nitrogens is 8. The number of H-pyrrole nitrogens is 2. The van der Waals surface area contributed by atoms with E-state index in [0.29, 0.717) is 62.0 Å². The van der Waals surface area contributed by atoms with Crippen molar-refractivity contribution in [2.75, 3.05) is 0 Å². The highest BCUT2D eigenvalue weighted by atomic mass is 19.1. The number of nitrogens with one attached hydrogen (secondary N) is 2. The maximum Gasteiger partial charge on any atom is 0.164 e. The van der Waals surface area contributed by atoms with Crippen LogP contribution in [0.3, 0.4) is 0 Å². The zero-order valence-corrected chi connectivity index (χ0v) is 21.5. The van der Waals surface area contributed by atoms with Crippen molar-refractivity contribution in [3.05, 3.63) is 96.6 Å². The van der Waals surface area contributed by atoms with E-state index in [1.54, 1.807) is 12.1 Å². The van der Waals surface area contributed by atoms with Crippen LogP contribution in [0.25, 0.3) is 89.7 Å². The molecule has 42 heavy (non-hydrogen) atoms. The Morgan fingerprint density at radius 3 is 1.40 bits per heavy atom. The van der Waals surface area contributed by atoms with Crippen LogP contribution in [0.5, 0.6) is 0 Å². The molecule has 0 atom stereocenters. The van der Waals surface area contributed by atoms with Crippen LogP contribution < -0.4 is 0 Å². The van der Waals surface area contributed by atoms with Crippen molar-refractivity contribution in [3.63, 3.8) is 0 Å². The van der Waals surface area contributed by atoms with E-state index < -0.39 is 11.6 Å². The molecule has 0 spiro atoms. The number of halogens is 2. The van der Waals surface area contributed by atoms with Crippen molar-refractivity contribution in [2.24, 2.45) is 0 Å². The summed E-state index contributed by atoms with van der Waals surface area (Å²) < 4.78 is 28.9. The highest BCUT2D eigenvalue weighted by Gasteiger charge is 2.22. The first kappa shape index (κ1) is 22.9. The second kappa shape index (κ2) is 8.31. The Morgan fingerprint density at radius 1 is 0.381 bits per heavy atom. The largest absolute Gasteiger partial charge is 0.324 e. The Bertz CT molecular complexity index is 2460. The highest BCUT2D eigenvalue weighted by Crippen LogP contribution is 2.37. The summed E-state index contributed by atoms with van der Waals surface area (Å²) >= 11 is 0. The zero-order valence-electron chi connectivity index (χ0n) is 21.5. The Labute approximate surface area is 234 Å². The summed E-state index contributed by atoms with van der Waals surface area (Å²) in [6, 6.07) is 24.3. The van der Waals surface area contributed by atoms with Gasteiger partial charge >= 0.3 is 0 Å². The molecule has 0 saturated carbocycles. The van der Waals surface area contributed by atoms with Crippen LogP contribution in [0.2, 0.25) is 0 Å². The van der Waals surface area contributed by atoms with Crippen LogP contribution in [0.15, 0.2) is 84.9 Å². The van der Waals surface area contributed by atoms with Gasteiger partial charge in [0, 0.05) is 43.8 Å². The number of nitrogens with zero attached hydrogens (tertiary/aromatic N) is 6. The van der Waals surface area contributed by atoms with Crippen LogP contribution in [0.4, 0.5) is 8.78 Å². The first-order valence-electron chi connectivity index (χ1n) is 13.2. The van der Waals surface area contributed by atoms with E-state index in [1.165, 1.54) is 24.3 Å². The Kier molecular flexibility index (Phi) is 4.52. The lowest BCUT2D eigenvalue weighted by Gasteiger charge is -1.98. The SMILES string of the molecule is Fc1ccc2c(c1)-c1nc-2nc2[nH]c(nc3nc(nc4[nH]c(n1)c1ccc(F)cc41)-c1ccccc1-3)c1ccccc21. The second-order valence-corrected chi connectivity index (χ2v) is 10.1. The minimum Gasteiger partial charge on any atom is -0.324 e. The van der Waals surface area contributed by atoms with Gasteiger partial charge in [0.25, 0.3) is 0 Å². The number of fused-ring (bicyclic) bond motifs is 20. The lowest BCUT2D eigenvalue weighted by Crippen LogP contribution is -1.84. The third-order valence-corrected chi connectivity index (χ3v) is 7.57. The molecule has 8 bridgehead atoms. The zero-order chi connectivity index (χ0) is 27.9. The molecule has 2 aliphatic rings. The molecule has 3 aromatic heterocycles. The molecule has 2 aliphatic heterocycles. The van der Waals surface area contributed by atoms with Gasteiger partial charge in [-0.05, 0) is 36.4 Å². The minimum absolute atomic E-state index is 0.273. The maximum absolute atomic E-state index is 14.5. The van der Waals surface area contributed by atoms with Gasteiger partial charge in [0.1, 0.15) is 34.2 Å². The van der Waals surface area contributed by atoms with Crippen molar-refractivity contribution < 1.29 is 8.78 Å². The van der Waals surface area contributed by atoms with Gasteiger partial charge in [0.05, 0.1) is 0 Å². The third-order valence-electron chi connectivity index (χ3n) is 7.57. The molecule has 0 fully saturated rings. The average Bonchev–Trinajstić information content (AvgIpc) is 3.72. The summed E-state index contributed by atoms with van der Waals surface area (Å²) in [5.74, 6) is 0.721. The molecule has 0 amide bonds. The van der Waals surface area contributed by atoms with Crippen LogP contribution >= 0.6 is 0 Å². The summed E-state index contributed by atoms with van der Waals surface area (Å²) in [5, 5.41) is 2.86. The molecule has 0 aliphatic carbocycles. The van der Waals surface area contributed by atoms with Gasteiger partial charge in [-0.25, -0.2) is 38.7 Å². The van der Waals surface area contributed by atoms with E-state index in [9.17, 15) is 8.78 Å². The van der Waals surface area contributed by atoms with E-state index in [0.717, 1.165) is 21.9 Å². The lowest BCUT2D eigenvalue weighted by molar-refractivity contribution is 0.628. The lowest BCUT2D eigenvalue weighted by atomic mass is 10.1. The first-order valence-corrected chi connectivity index (χ1v) is 13.2. The molecule has 0 unspecified atom stereocenters. The minimum atomic E-state index is -0.422. The van der Waals surface area contributed by atoms with Crippen molar-refractivity contribution in [1.82, 2.24) is 39.9 Å². The monoisotopic (exact) mass is 550 g/mol. The maximum atomic E-state index is 14.5. The molecule has 8 nitrogen and oxygen atoms in total. The van der Waals surface area contributed by atoms with Crippen LogP contribution in [-0.4, -0.2) is 39.9 Å². The molecule has 5 heterocycles. The standard InChI is InChI=1S/C32H16F2N8/c33-15-9-11-21-23(13-15)32-40-29(21)38-27-18-6-2-1-5-17(18)25(36-27)35-26-19-7-3-4-8-20(19)28(37-26)39-31-24-14-16(34)10-12-22(24)30(41-31)42-32/h1-14H,(H2,35,36,37,38,39,40,41,42). The van der Waals surface area contributed by atoms with Crippen molar-refractivity contribution in [3.8, 4) is 45.6 Å². The summed E-state index contributed by atoms with van der Waals surface area (Å²) in [6.07, 6.45) is 0. The number of hydrogen-bond donors (Lipinski definition) is 2. The van der Waals surface area contributed by atoms with Crippen molar-refractivity contribution in [1.29, 1.82) is 0 Å². The fourth-order valence-corrected chi connectivity index (χ4v) is 5.64. The topological polar surface area (TPSA) is 109 Å². The molecule has 0 radical (unpaired) electrons. The van der Waals surface area contributed by atoms with Gasteiger partial charge in [0.2, 0.25) is 0 Å². The molecular weight excluding hydrogens is 534 g/mol. The summed E-state index contributed by atoms with van der Waals surface area (Å²) in [5.41, 5.74) is 4.65. The van der Waals surface area contributed by atoms with Gasteiger partial charge in [-0.3, -0.25) is 0 Å². The Hall–Kier alpha value is -5.90. The summed E-state index contributed by atoms with van der Waals surface area (Å²) in [6.45, 7) is 0. The molecular formula is C32H16F2N8. The number of aromatic amines is 2. The van der Waals surface area contributed by atoms with Gasteiger partial charge < -0.3 is 9.97 Å². The molecule has 10 heteroatoms. The second-order valence-electron chi connectivity index (χ2n) is 10.1. The predicted molar refractivity (Wildman–Crippen MR) is 156 cm³/mol. The molecule has 2 N–H and O–H groups in total. The number of hydrogen-bond acceptors (Lipinski definition) is 6. The molecule has 198 valence electrons. The van der Waals surface area contributed by atoms with Gasteiger partial charge in [-0.15, -0.1) is 0 Å². The van der Waals surface area contributed by atoms with Crippen molar-refractivity contribution >= 4 is 44.1 Å². The third kappa shape index (κ3) is 3.32. The summed E-state index contributed by atoms with van der Waals surface area (Å²) in [7, 11) is 0. The average molecular weight is 551 g/mol. The van der Waals surface area contributed by atoms with E-state index in [4.69, 9.17) is 29.9 Å². The Morgan fingerprint density at radius 2 is 0.810 bits per heavy atom. The molecule has 9 rings (SSSR count). The van der Waals surface area contributed by atoms with Gasteiger partial charge in [-0.1, -0.05) is 48.5 Å². The van der Waals surface area contributed by atoms with E-state index in [2.05, 4.69) is 9.97 Å². The van der Waals surface area contributed by atoms with Crippen LogP contribution in [0, 0.1) is 11.6 Å². The first-order chi connectivity index (χ1) is 20.6. The summed E-state index contributed by atoms with van der Waals surface area (Å²) in [4.78, 5) is 35.6. The van der Waals surface area contributed by atoms with Gasteiger partial charge in [-0.2, -0.15) is 0 Å². The van der Waals surface area contributed by atoms with E-state index >= 15 is 0 Å². The predicted octanol–water partition coefficient (Wildman–Crippen LogP) is 7.15. The Balaban J connectivity index is 1.51. The highest BCUT2D eigenvalue weighted by molar-refractivity contribution is 6.06. The van der Waals surface area contributed by atoms with Gasteiger partial charge in [0.15, 0.2) is 23.3 Å². The normalized spacial score (nSPS) is 12.0. The van der Waals surface area contributed by atoms with Crippen LogP contribution in [-0.2, 0) is 0 Å². The number of benzene rings is 4. The van der Waals surface area contributed by atoms with Crippen LogP contribution in [0.1, 0.15) is 0 Å². The number of rotatable bonds is 0. The molecule has 4 aromatic carbocycles. The molecule has 0 saturated heterocycles. The fourth-order valence-electron chi connectivity index (χ4n) is 5.64. The smallest absolute Gasteiger partial charge is 0.164 e. The van der Waals surface area contributed by atoms with E-state index in [-0.39, 0.29) is 5.82 Å². The van der Waals surface area contributed by atoms with E-state index in [1.807, 2.05) is 48.5 Å². The quantitative estimate of drug-likeness (QED) is 0.208. The molecule has 7 aromatic rings. The fraction of sp³-hybridized carbons (Fsp3) is 0. The van der Waals surface area contributed by atoms with Crippen molar-refractivity contribution in [2.45, 2.75) is 0 Å².